The summed E-state index contributed by atoms with van der Waals surface area (Å²) in [5, 5.41) is 18.2. The summed E-state index contributed by atoms with van der Waals surface area (Å²) in [5.41, 5.74) is 0. The molecule has 0 bridgehead atoms. The Morgan fingerprint density at radius 3 is 1.38 bits per heavy atom. The second kappa shape index (κ2) is 20.0. The first kappa shape index (κ1) is 40.8. The van der Waals surface area contributed by atoms with Crippen molar-refractivity contribution in [2.45, 2.75) is 168 Å². The van der Waals surface area contributed by atoms with Crippen LogP contribution in [0.5, 0.6) is 0 Å². The molecule has 0 heterocycles. The van der Waals surface area contributed by atoms with Crippen molar-refractivity contribution in [3.05, 3.63) is 0 Å². The van der Waals surface area contributed by atoms with Gasteiger partial charge in [-0.2, -0.15) is 0 Å². The van der Waals surface area contributed by atoms with Crippen LogP contribution in [0.4, 0.5) is 0 Å². The predicted octanol–water partition coefficient (Wildman–Crippen LogP) is 8.60. The van der Waals surface area contributed by atoms with Gasteiger partial charge in [0.05, 0.1) is 6.61 Å². The first-order valence-corrected chi connectivity index (χ1v) is 30.7. The van der Waals surface area contributed by atoms with Crippen molar-refractivity contribution < 1.29 is 31.4 Å². The molecule has 0 spiro atoms. The van der Waals surface area contributed by atoms with Gasteiger partial charge in [-0.1, -0.05) is 77.6 Å². The lowest BCUT2D eigenvalue weighted by molar-refractivity contribution is -0.0945. The topological polar surface area (TPSA) is 86.6 Å². The van der Waals surface area contributed by atoms with Gasteiger partial charge in [0, 0.05) is 6.61 Å². The number of aliphatic hydroxyl groups excluding tert-OH is 1. The smallest absolute Gasteiger partial charge is 0.317 e. The van der Waals surface area contributed by atoms with E-state index < -0.39 is 48.6 Å². The van der Waals surface area contributed by atoms with E-state index in [4.69, 9.17) is 31.4 Å². The maximum Gasteiger partial charge on any atom is 0.317 e. The molecule has 0 saturated carbocycles. The van der Waals surface area contributed by atoms with E-state index in [0.717, 1.165) is 24.9 Å². The SMILES string of the molecule is CCCCCCCCCCCCC[Si](C)(O[Si](C)(C)O[Si](C)(C)C)O[Si](C)(CCCOCC(O)O)O[Si](C)(C)C. The van der Waals surface area contributed by atoms with Crippen LogP contribution in [0.1, 0.15) is 84.0 Å². The lowest BCUT2D eigenvalue weighted by Crippen LogP contribution is -2.60. The van der Waals surface area contributed by atoms with E-state index in [-0.39, 0.29) is 6.61 Å². The van der Waals surface area contributed by atoms with E-state index in [2.05, 4.69) is 72.4 Å². The summed E-state index contributed by atoms with van der Waals surface area (Å²) < 4.78 is 33.0. The molecule has 2 atom stereocenters. The molecule has 242 valence electrons. The van der Waals surface area contributed by atoms with Crippen LogP contribution in [-0.2, 0) is 21.2 Å². The Hall–Kier alpha value is 0.804. The van der Waals surface area contributed by atoms with Gasteiger partial charge < -0.3 is 31.4 Å². The lowest BCUT2D eigenvalue weighted by Gasteiger charge is -2.44. The Labute approximate surface area is 254 Å². The zero-order valence-corrected chi connectivity index (χ0v) is 33.3. The van der Waals surface area contributed by atoms with Crippen LogP contribution >= 0.6 is 0 Å². The van der Waals surface area contributed by atoms with Crippen molar-refractivity contribution in [3.63, 3.8) is 0 Å². The Kier molecular flexibility index (Phi) is 20.4. The average molecular weight is 657 g/mol. The van der Waals surface area contributed by atoms with Gasteiger partial charge in [0.2, 0.25) is 0 Å². The molecule has 0 amide bonds. The van der Waals surface area contributed by atoms with Crippen LogP contribution in [0.2, 0.25) is 77.6 Å². The van der Waals surface area contributed by atoms with Gasteiger partial charge in [-0.25, -0.2) is 0 Å². The van der Waals surface area contributed by atoms with Crippen LogP contribution in [0.25, 0.3) is 0 Å². The van der Waals surface area contributed by atoms with E-state index in [0.29, 0.717) is 6.61 Å². The Balaban J connectivity index is 5.29. The summed E-state index contributed by atoms with van der Waals surface area (Å²) >= 11 is 0. The Morgan fingerprint density at radius 2 is 0.925 bits per heavy atom. The van der Waals surface area contributed by atoms with E-state index >= 15 is 0 Å². The molecule has 0 aliphatic heterocycles. The van der Waals surface area contributed by atoms with Crippen molar-refractivity contribution in [2.24, 2.45) is 0 Å². The molecule has 0 aromatic rings. The maximum atomic E-state index is 9.09. The highest BCUT2D eigenvalue weighted by Crippen LogP contribution is 2.32. The molecule has 12 heteroatoms. The zero-order chi connectivity index (χ0) is 30.9. The minimum absolute atomic E-state index is 0.0732. The van der Waals surface area contributed by atoms with Gasteiger partial charge in [0.15, 0.2) is 22.9 Å². The van der Waals surface area contributed by atoms with Crippen LogP contribution in [0, 0.1) is 0 Å². The normalized spacial score (nSPS) is 16.4. The fourth-order valence-corrected chi connectivity index (χ4v) is 29.3. The summed E-state index contributed by atoms with van der Waals surface area (Å²) in [6.07, 6.45) is 13.8. The molecule has 0 rings (SSSR count). The van der Waals surface area contributed by atoms with Crippen LogP contribution < -0.4 is 0 Å². The molecular formula is C28H68O7Si5. The summed E-state index contributed by atoms with van der Waals surface area (Å²) in [6.45, 7) is 24.8. The molecule has 7 nitrogen and oxygen atoms in total. The van der Waals surface area contributed by atoms with E-state index in [9.17, 15) is 0 Å². The summed E-state index contributed by atoms with van der Waals surface area (Å²) in [6, 6.07) is 1.75. The van der Waals surface area contributed by atoms with Crippen molar-refractivity contribution in [3.8, 4) is 0 Å². The van der Waals surface area contributed by atoms with E-state index in [1.807, 2.05) is 0 Å². The van der Waals surface area contributed by atoms with Gasteiger partial charge >= 0.3 is 25.7 Å². The van der Waals surface area contributed by atoms with Crippen molar-refractivity contribution >= 4 is 42.3 Å². The summed E-state index contributed by atoms with van der Waals surface area (Å²) in [5.74, 6) is 0. The fraction of sp³-hybridized carbons (Fsp3) is 1.00. The standard InChI is InChI=1S/C28H68O7Si5/c1-12-13-14-15-16-17-18-19-20-21-22-25-40(11,34-38(8,9)32-36(2,3)4)35-39(10,33-37(5,6)7)26-23-24-31-27-28(29)30/h28-30H,12-27H2,1-11H3. The van der Waals surface area contributed by atoms with Gasteiger partial charge in [-0.15, -0.1) is 0 Å². The Bertz CT molecular complexity index is 644. The van der Waals surface area contributed by atoms with Crippen molar-refractivity contribution in [1.29, 1.82) is 0 Å². The highest BCUT2D eigenvalue weighted by atomic mass is 28.5. The van der Waals surface area contributed by atoms with Gasteiger partial charge in [-0.05, 0) is 84.0 Å². The third-order valence-electron chi connectivity index (χ3n) is 6.39. The fourth-order valence-electron chi connectivity index (χ4n) is 5.42. The number of aliphatic hydroxyl groups is 2. The summed E-state index contributed by atoms with van der Waals surface area (Å²) in [4.78, 5) is 0. The molecule has 0 aliphatic carbocycles. The molecule has 0 radical (unpaired) electrons. The molecule has 0 aromatic carbocycles. The van der Waals surface area contributed by atoms with Crippen LogP contribution in [-0.4, -0.2) is 72.0 Å². The molecule has 0 aliphatic rings. The van der Waals surface area contributed by atoms with E-state index in [1.54, 1.807) is 0 Å². The van der Waals surface area contributed by atoms with Crippen LogP contribution in [0.3, 0.4) is 0 Å². The molecule has 0 saturated heterocycles. The minimum atomic E-state index is -2.60. The number of hydrogen-bond donors (Lipinski definition) is 2. The average Bonchev–Trinajstić information content (AvgIpc) is 2.73. The monoisotopic (exact) mass is 656 g/mol. The number of hydrogen-bond acceptors (Lipinski definition) is 7. The maximum absolute atomic E-state index is 9.09. The third kappa shape index (κ3) is 24.3. The van der Waals surface area contributed by atoms with Crippen molar-refractivity contribution in [2.75, 3.05) is 13.2 Å². The quantitative estimate of drug-likeness (QED) is 0.0548. The molecule has 40 heavy (non-hydrogen) atoms. The summed E-state index contributed by atoms with van der Waals surface area (Å²) in [7, 11) is -11.2. The second-order valence-electron chi connectivity index (χ2n) is 14.2. The molecular weight excluding hydrogens is 589 g/mol. The van der Waals surface area contributed by atoms with Gasteiger partial charge in [0.1, 0.15) is 0 Å². The number of unbranched alkanes of at least 4 members (excludes halogenated alkanes) is 10. The minimum Gasteiger partial charge on any atom is -0.437 e. The van der Waals surface area contributed by atoms with Crippen molar-refractivity contribution in [1.82, 2.24) is 0 Å². The number of rotatable bonds is 26. The first-order valence-electron chi connectivity index (χ1n) is 16.0. The zero-order valence-electron chi connectivity index (χ0n) is 28.3. The van der Waals surface area contributed by atoms with Crippen LogP contribution in [0.15, 0.2) is 0 Å². The van der Waals surface area contributed by atoms with Gasteiger partial charge in [0.25, 0.3) is 0 Å². The van der Waals surface area contributed by atoms with E-state index in [1.165, 1.54) is 64.2 Å². The second-order valence-corrected chi connectivity index (χ2v) is 34.3. The first-order chi connectivity index (χ1) is 18.3. The third-order valence-corrected chi connectivity index (χ3v) is 24.7. The largest absolute Gasteiger partial charge is 0.437 e. The Morgan fingerprint density at radius 1 is 0.500 bits per heavy atom. The lowest BCUT2D eigenvalue weighted by atomic mass is 10.1. The molecule has 2 unspecified atom stereocenters. The van der Waals surface area contributed by atoms with Gasteiger partial charge in [-0.3, -0.25) is 0 Å². The molecule has 0 fully saturated rings. The molecule has 2 N–H and O–H groups in total. The predicted molar refractivity (Wildman–Crippen MR) is 181 cm³/mol. The molecule has 0 aromatic heterocycles. The highest BCUT2D eigenvalue weighted by molar-refractivity contribution is 6.90. The highest BCUT2D eigenvalue weighted by Gasteiger charge is 2.48. The number of ether oxygens (including phenoxy) is 1.